The SMILES string of the molecule is O=C(O)CCCNC(=O)CCNc1ccc(C(F)(F)F)cc1[N+](=O)[O-]. The summed E-state index contributed by atoms with van der Waals surface area (Å²) in [5.41, 5.74) is -2.01. The number of carbonyl (C=O) groups is 2. The molecule has 0 fully saturated rings. The molecular formula is C14H16F3N3O5. The van der Waals surface area contributed by atoms with Crippen LogP contribution < -0.4 is 10.6 Å². The summed E-state index contributed by atoms with van der Waals surface area (Å²) in [5.74, 6) is -1.39. The van der Waals surface area contributed by atoms with Crippen molar-refractivity contribution in [1.82, 2.24) is 5.32 Å². The summed E-state index contributed by atoms with van der Waals surface area (Å²) in [4.78, 5) is 31.8. The van der Waals surface area contributed by atoms with Crippen LogP contribution in [0.1, 0.15) is 24.8 Å². The topological polar surface area (TPSA) is 122 Å². The fourth-order valence-corrected chi connectivity index (χ4v) is 1.88. The monoisotopic (exact) mass is 363 g/mol. The molecule has 25 heavy (non-hydrogen) atoms. The number of carboxylic acid groups (broad SMARTS) is 1. The number of nitrogens with one attached hydrogen (secondary N) is 2. The third-order valence-corrected chi connectivity index (χ3v) is 3.08. The zero-order valence-electron chi connectivity index (χ0n) is 12.9. The molecule has 0 heterocycles. The predicted octanol–water partition coefficient (Wildman–Crippen LogP) is 2.40. The molecule has 0 spiro atoms. The number of nitrogens with zero attached hydrogens (tertiary/aromatic N) is 1. The van der Waals surface area contributed by atoms with Crippen LogP contribution in [0.3, 0.4) is 0 Å². The van der Waals surface area contributed by atoms with E-state index in [0.717, 1.165) is 6.07 Å². The maximum absolute atomic E-state index is 12.6. The number of halogens is 3. The van der Waals surface area contributed by atoms with Gasteiger partial charge in [0.15, 0.2) is 0 Å². The van der Waals surface area contributed by atoms with Gasteiger partial charge in [-0.3, -0.25) is 19.7 Å². The summed E-state index contributed by atoms with van der Waals surface area (Å²) in [7, 11) is 0. The largest absolute Gasteiger partial charge is 0.481 e. The van der Waals surface area contributed by atoms with Crippen molar-refractivity contribution >= 4 is 23.3 Å². The van der Waals surface area contributed by atoms with Gasteiger partial charge in [-0.15, -0.1) is 0 Å². The highest BCUT2D eigenvalue weighted by molar-refractivity contribution is 5.76. The molecule has 1 rings (SSSR count). The smallest absolute Gasteiger partial charge is 0.416 e. The fourth-order valence-electron chi connectivity index (χ4n) is 1.88. The van der Waals surface area contributed by atoms with Crippen LogP contribution in [0.4, 0.5) is 24.5 Å². The normalized spacial score (nSPS) is 11.0. The van der Waals surface area contributed by atoms with Crippen LogP contribution in [-0.4, -0.2) is 35.0 Å². The Morgan fingerprint density at radius 3 is 2.44 bits per heavy atom. The summed E-state index contributed by atoms with van der Waals surface area (Å²) in [5, 5.41) is 24.4. The number of alkyl halides is 3. The second-order valence-corrected chi connectivity index (χ2v) is 5.01. The van der Waals surface area contributed by atoms with Crippen LogP contribution in [0.25, 0.3) is 0 Å². The van der Waals surface area contributed by atoms with Crippen molar-refractivity contribution in [3.8, 4) is 0 Å². The molecule has 0 bridgehead atoms. The lowest BCUT2D eigenvalue weighted by atomic mass is 10.1. The minimum absolute atomic E-state index is 0.0308. The van der Waals surface area contributed by atoms with Crippen LogP contribution >= 0.6 is 0 Å². The third-order valence-electron chi connectivity index (χ3n) is 3.08. The average molecular weight is 363 g/mol. The van der Waals surface area contributed by atoms with Crippen molar-refractivity contribution in [2.75, 3.05) is 18.4 Å². The van der Waals surface area contributed by atoms with Crippen molar-refractivity contribution in [3.63, 3.8) is 0 Å². The first-order valence-corrected chi connectivity index (χ1v) is 7.19. The number of nitro benzene ring substituents is 1. The Kier molecular flexibility index (Phi) is 7.15. The van der Waals surface area contributed by atoms with Crippen LogP contribution in [0.15, 0.2) is 18.2 Å². The van der Waals surface area contributed by atoms with Crippen molar-refractivity contribution in [3.05, 3.63) is 33.9 Å². The third kappa shape index (κ3) is 7.06. The molecule has 0 unspecified atom stereocenters. The van der Waals surface area contributed by atoms with Crippen LogP contribution in [0, 0.1) is 10.1 Å². The standard InChI is InChI=1S/C14H16F3N3O5/c15-14(16,17)9-3-4-10(11(8-9)20(24)25)18-7-5-12(21)19-6-1-2-13(22)23/h3-4,8,18H,1-2,5-7H2,(H,19,21)(H,22,23). The first-order chi connectivity index (χ1) is 11.6. The molecule has 0 radical (unpaired) electrons. The van der Waals surface area contributed by atoms with Crippen molar-refractivity contribution < 1.29 is 32.8 Å². The Bertz CT molecular complexity index is 649. The van der Waals surface area contributed by atoms with Gasteiger partial charge >= 0.3 is 12.1 Å². The fraction of sp³-hybridized carbons (Fsp3) is 0.429. The predicted molar refractivity (Wildman–Crippen MR) is 81.1 cm³/mol. The van der Waals surface area contributed by atoms with E-state index in [2.05, 4.69) is 10.6 Å². The quantitative estimate of drug-likeness (QED) is 0.352. The Labute approximate surface area is 140 Å². The number of hydrogen-bond donors (Lipinski definition) is 3. The highest BCUT2D eigenvalue weighted by atomic mass is 19.4. The van der Waals surface area contributed by atoms with Gasteiger partial charge in [-0.2, -0.15) is 13.2 Å². The Hall–Kier alpha value is -2.85. The molecular weight excluding hydrogens is 347 g/mol. The van der Waals surface area contributed by atoms with Crippen molar-refractivity contribution in [2.24, 2.45) is 0 Å². The minimum Gasteiger partial charge on any atom is -0.481 e. The van der Waals surface area contributed by atoms with Crippen LogP contribution in [0.2, 0.25) is 0 Å². The number of aliphatic carboxylic acids is 1. The summed E-state index contributed by atoms with van der Waals surface area (Å²) in [6.07, 6.45) is -4.60. The number of rotatable bonds is 9. The molecule has 0 aliphatic heterocycles. The average Bonchev–Trinajstić information content (AvgIpc) is 2.50. The zero-order chi connectivity index (χ0) is 19.0. The number of anilines is 1. The maximum atomic E-state index is 12.6. The molecule has 0 aliphatic rings. The number of amides is 1. The van der Waals surface area contributed by atoms with E-state index in [9.17, 15) is 32.9 Å². The Balaban J connectivity index is 2.55. The number of benzene rings is 1. The summed E-state index contributed by atoms with van der Waals surface area (Å²) in [6.45, 7) is 0.141. The lowest BCUT2D eigenvalue weighted by molar-refractivity contribution is -0.384. The Morgan fingerprint density at radius 1 is 1.20 bits per heavy atom. The maximum Gasteiger partial charge on any atom is 0.416 e. The second-order valence-electron chi connectivity index (χ2n) is 5.01. The minimum atomic E-state index is -4.70. The molecule has 1 aromatic rings. The van der Waals surface area contributed by atoms with E-state index in [0.29, 0.717) is 12.1 Å². The van der Waals surface area contributed by atoms with E-state index >= 15 is 0 Å². The molecule has 8 nitrogen and oxygen atoms in total. The lowest BCUT2D eigenvalue weighted by Crippen LogP contribution is -2.26. The molecule has 0 saturated carbocycles. The van der Waals surface area contributed by atoms with Gasteiger partial charge in [-0.25, -0.2) is 0 Å². The molecule has 0 atom stereocenters. The van der Waals surface area contributed by atoms with Crippen molar-refractivity contribution in [2.45, 2.75) is 25.4 Å². The molecule has 1 amide bonds. The Morgan fingerprint density at radius 2 is 1.88 bits per heavy atom. The van der Waals surface area contributed by atoms with Crippen LogP contribution in [0.5, 0.6) is 0 Å². The van der Waals surface area contributed by atoms with E-state index in [4.69, 9.17) is 5.11 Å². The molecule has 0 saturated heterocycles. The summed E-state index contributed by atoms with van der Waals surface area (Å²) in [6, 6.07) is 2.07. The number of carboxylic acids is 1. The summed E-state index contributed by atoms with van der Waals surface area (Å²) >= 11 is 0. The van der Waals surface area contributed by atoms with Gasteiger partial charge in [-0.1, -0.05) is 0 Å². The van der Waals surface area contributed by atoms with Gasteiger partial charge < -0.3 is 15.7 Å². The van der Waals surface area contributed by atoms with Gasteiger partial charge in [0.1, 0.15) is 5.69 Å². The number of nitro groups is 1. The molecule has 11 heteroatoms. The molecule has 0 aromatic heterocycles. The molecule has 0 aliphatic carbocycles. The summed E-state index contributed by atoms with van der Waals surface area (Å²) < 4.78 is 37.8. The van der Waals surface area contributed by atoms with Gasteiger partial charge in [-0.05, 0) is 18.6 Å². The van der Waals surface area contributed by atoms with Gasteiger partial charge in [0.05, 0.1) is 10.5 Å². The van der Waals surface area contributed by atoms with Crippen molar-refractivity contribution in [1.29, 1.82) is 0 Å². The van der Waals surface area contributed by atoms with E-state index in [1.54, 1.807) is 0 Å². The van der Waals surface area contributed by atoms with Crippen LogP contribution in [-0.2, 0) is 15.8 Å². The van der Waals surface area contributed by atoms with E-state index in [1.807, 2.05) is 0 Å². The van der Waals surface area contributed by atoms with E-state index in [-0.39, 0.29) is 38.0 Å². The second kappa shape index (κ2) is 8.85. The van der Waals surface area contributed by atoms with Gasteiger partial charge in [0, 0.05) is 32.0 Å². The highest BCUT2D eigenvalue weighted by Gasteiger charge is 2.33. The van der Waals surface area contributed by atoms with Gasteiger partial charge in [0.2, 0.25) is 5.91 Å². The molecule has 1 aromatic carbocycles. The number of carbonyl (C=O) groups excluding carboxylic acids is 1. The first kappa shape index (κ1) is 20.2. The van der Waals surface area contributed by atoms with E-state index < -0.39 is 34.2 Å². The molecule has 138 valence electrons. The highest BCUT2D eigenvalue weighted by Crippen LogP contribution is 2.34. The first-order valence-electron chi connectivity index (χ1n) is 7.19. The van der Waals surface area contributed by atoms with Gasteiger partial charge in [0.25, 0.3) is 5.69 Å². The number of hydrogen-bond acceptors (Lipinski definition) is 5. The molecule has 3 N–H and O–H groups in total. The zero-order valence-corrected chi connectivity index (χ0v) is 12.9. The van der Waals surface area contributed by atoms with E-state index in [1.165, 1.54) is 0 Å². The lowest BCUT2D eigenvalue weighted by Gasteiger charge is -2.10.